The van der Waals surface area contributed by atoms with Gasteiger partial charge in [-0.1, -0.05) is 26.0 Å². The first kappa shape index (κ1) is 13.6. The first-order chi connectivity index (χ1) is 7.92. The first-order valence-electron chi connectivity index (χ1n) is 5.96. The van der Waals surface area contributed by atoms with Crippen LogP contribution in [-0.4, -0.2) is 12.6 Å². The maximum atomic E-state index is 12.1. The zero-order chi connectivity index (χ0) is 13.1. The number of carbonyl (C=O) groups excluding carboxylic acids is 1. The molecule has 0 saturated heterocycles. The van der Waals surface area contributed by atoms with Crippen molar-refractivity contribution in [3.63, 3.8) is 0 Å². The summed E-state index contributed by atoms with van der Waals surface area (Å²) < 4.78 is 5.18. The second kappa shape index (κ2) is 5.21. The Morgan fingerprint density at radius 1 is 1.35 bits per heavy atom. The SMILES string of the molecule is CCOC(=O)C(C)(c1ccc(N)cc1)C(C)C. The van der Waals surface area contributed by atoms with Crippen LogP contribution < -0.4 is 5.73 Å². The summed E-state index contributed by atoms with van der Waals surface area (Å²) in [5.41, 5.74) is 6.69. The molecule has 1 aromatic rings. The lowest BCUT2D eigenvalue weighted by molar-refractivity contribution is -0.151. The Bertz CT molecular complexity index is 384. The first-order valence-corrected chi connectivity index (χ1v) is 5.96. The zero-order valence-corrected chi connectivity index (χ0v) is 11.0. The van der Waals surface area contributed by atoms with Crippen molar-refractivity contribution in [3.05, 3.63) is 29.8 Å². The zero-order valence-electron chi connectivity index (χ0n) is 11.0. The minimum absolute atomic E-state index is 0.158. The molecule has 1 rings (SSSR count). The van der Waals surface area contributed by atoms with Crippen LogP contribution in [0.1, 0.15) is 33.3 Å². The quantitative estimate of drug-likeness (QED) is 0.645. The normalized spacial score (nSPS) is 14.4. The third-order valence-corrected chi connectivity index (χ3v) is 3.36. The third-order valence-electron chi connectivity index (χ3n) is 3.36. The van der Waals surface area contributed by atoms with E-state index in [0.717, 1.165) is 5.56 Å². The molecule has 1 aromatic carbocycles. The Kier molecular flexibility index (Phi) is 4.16. The summed E-state index contributed by atoms with van der Waals surface area (Å²) in [6.45, 7) is 8.18. The molecule has 0 amide bonds. The van der Waals surface area contributed by atoms with E-state index in [1.54, 1.807) is 0 Å². The van der Waals surface area contributed by atoms with Gasteiger partial charge in [0.1, 0.15) is 0 Å². The molecule has 0 fully saturated rings. The highest BCUT2D eigenvalue weighted by Crippen LogP contribution is 2.33. The molecule has 0 heterocycles. The standard InChI is InChI=1S/C14H21NO2/c1-5-17-13(16)14(4,10(2)3)11-6-8-12(15)9-7-11/h6-10H,5,15H2,1-4H3. The average Bonchev–Trinajstić information content (AvgIpc) is 2.29. The van der Waals surface area contributed by atoms with E-state index in [-0.39, 0.29) is 11.9 Å². The van der Waals surface area contributed by atoms with Gasteiger partial charge in [-0.3, -0.25) is 4.79 Å². The molecule has 1 unspecified atom stereocenters. The number of esters is 1. The van der Waals surface area contributed by atoms with Crippen LogP contribution in [0.2, 0.25) is 0 Å². The number of nitrogens with two attached hydrogens (primary N) is 1. The van der Waals surface area contributed by atoms with Gasteiger partial charge >= 0.3 is 5.97 Å². The summed E-state index contributed by atoms with van der Waals surface area (Å²) >= 11 is 0. The van der Waals surface area contributed by atoms with Crippen molar-refractivity contribution in [2.45, 2.75) is 33.1 Å². The van der Waals surface area contributed by atoms with Crippen LogP contribution in [0.25, 0.3) is 0 Å². The molecule has 0 spiro atoms. The predicted molar refractivity (Wildman–Crippen MR) is 69.7 cm³/mol. The summed E-state index contributed by atoms with van der Waals surface area (Å²) in [4.78, 5) is 12.1. The monoisotopic (exact) mass is 235 g/mol. The molecule has 0 aliphatic rings. The van der Waals surface area contributed by atoms with Gasteiger partial charge < -0.3 is 10.5 Å². The molecule has 0 saturated carbocycles. The fraction of sp³-hybridized carbons (Fsp3) is 0.500. The molecule has 0 radical (unpaired) electrons. The predicted octanol–water partition coefficient (Wildman–Crippen LogP) is 2.75. The Morgan fingerprint density at radius 3 is 2.29 bits per heavy atom. The average molecular weight is 235 g/mol. The van der Waals surface area contributed by atoms with E-state index in [1.165, 1.54) is 0 Å². The minimum atomic E-state index is -0.621. The molecular formula is C14H21NO2. The van der Waals surface area contributed by atoms with E-state index >= 15 is 0 Å². The highest BCUT2D eigenvalue weighted by molar-refractivity contribution is 5.83. The molecule has 94 valence electrons. The lowest BCUT2D eigenvalue weighted by Crippen LogP contribution is -2.39. The van der Waals surface area contributed by atoms with Crippen LogP contribution in [0.3, 0.4) is 0 Å². The summed E-state index contributed by atoms with van der Waals surface area (Å²) in [5.74, 6) is -0.0232. The lowest BCUT2D eigenvalue weighted by Gasteiger charge is -2.31. The molecule has 0 bridgehead atoms. The Morgan fingerprint density at radius 2 is 1.88 bits per heavy atom. The topological polar surface area (TPSA) is 52.3 Å². The lowest BCUT2D eigenvalue weighted by atomic mass is 9.73. The highest BCUT2D eigenvalue weighted by atomic mass is 16.5. The fourth-order valence-corrected chi connectivity index (χ4v) is 1.80. The minimum Gasteiger partial charge on any atom is -0.465 e. The summed E-state index contributed by atoms with van der Waals surface area (Å²) in [7, 11) is 0. The van der Waals surface area contributed by atoms with E-state index in [0.29, 0.717) is 12.3 Å². The number of benzene rings is 1. The van der Waals surface area contributed by atoms with Gasteiger partial charge in [0.15, 0.2) is 0 Å². The molecular weight excluding hydrogens is 214 g/mol. The van der Waals surface area contributed by atoms with Crippen LogP contribution in [0.5, 0.6) is 0 Å². The highest BCUT2D eigenvalue weighted by Gasteiger charge is 2.39. The van der Waals surface area contributed by atoms with Crippen LogP contribution in [0.4, 0.5) is 5.69 Å². The number of hydrogen-bond acceptors (Lipinski definition) is 3. The maximum absolute atomic E-state index is 12.1. The van der Waals surface area contributed by atoms with Crippen molar-refractivity contribution in [1.82, 2.24) is 0 Å². The number of hydrogen-bond donors (Lipinski definition) is 1. The Hall–Kier alpha value is -1.51. The maximum Gasteiger partial charge on any atom is 0.316 e. The van der Waals surface area contributed by atoms with Gasteiger partial charge in [-0.15, -0.1) is 0 Å². The van der Waals surface area contributed by atoms with Crippen LogP contribution in [0.15, 0.2) is 24.3 Å². The Labute approximate surface area is 103 Å². The van der Waals surface area contributed by atoms with Gasteiger partial charge in [0.05, 0.1) is 12.0 Å². The van der Waals surface area contributed by atoms with Crippen molar-refractivity contribution in [2.75, 3.05) is 12.3 Å². The smallest absolute Gasteiger partial charge is 0.316 e. The van der Waals surface area contributed by atoms with Gasteiger partial charge in [0, 0.05) is 5.69 Å². The van der Waals surface area contributed by atoms with Crippen LogP contribution in [0, 0.1) is 5.92 Å². The largest absolute Gasteiger partial charge is 0.465 e. The van der Waals surface area contributed by atoms with Crippen molar-refractivity contribution < 1.29 is 9.53 Å². The molecule has 0 aliphatic carbocycles. The van der Waals surface area contributed by atoms with Gasteiger partial charge in [0.25, 0.3) is 0 Å². The van der Waals surface area contributed by atoms with Crippen molar-refractivity contribution in [3.8, 4) is 0 Å². The molecule has 1 atom stereocenters. The molecule has 3 nitrogen and oxygen atoms in total. The Balaban J connectivity index is 3.16. The molecule has 0 aromatic heterocycles. The van der Waals surface area contributed by atoms with E-state index in [2.05, 4.69) is 0 Å². The van der Waals surface area contributed by atoms with Gasteiger partial charge in [0.2, 0.25) is 0 Å². The molecule has 2 N–H and O–H groups in total. The van der Waals surface area contributed by atoms with E-state index in [4.69, 9.17) is 10.5 Å². The third kappa shape index (κ3) is 2.60. The number of rotatable bonds is 4. The second-order valence-corrected chi connectivity index (χ2v) is 4.70. The number of anilines is 1. The molecule has 17 heavy (non-hydrogen) atoms. The van der Waals surface area contributed by atoms with E-state index < -0.39 is 5.41 Å². The van der Waals surface area contributed by atoms with Crippen molar-refractivity contribution in [2.24, 2.45) is 5.92 Å². The summed E-state index contributed by atoms with van der Waals surface area (Å²) in [6.07, 6.45) is 0. The van der Waals surface area contributed by atoms with E-state index in [9.17, 15) is 4.79 Å². The second-order valence-electron chi connectivity index (χ2n) is 4.70. The molecule has 3 heteroatoms. The summed E-state index contributed by atoms with van der Waals surface area (Å²) in [6, 6.07) is 7.42. The van der Waals surface area contributed by atoms with Crippen LogP contribution >= 0.6 is 0 Å². The van der Waals surface area contributed by atoms with Crippen molar-refractivity contribution >= 4 is 11.7 Å². The summed E-state index contributed by atoms with van der Waals surface area (Å²) in [5, 5.41) is 0. The number of ether oxygens (including phenoxy) is 1. The number of nitrogen functional groups attached to an aromatic ring is 1. The van der Waals surface area contributed by atoms with Gasteiger partial charge in [-0.2, -0.15) is 0 Å². The fourth-order valence-electron chi connectivity index (χ4n) is 1.80. The number of carbonyl (C=O) groups is 1. The van der Waals surface area contributed by atoms with Gasteiger partial charge in [-0.05, 0) is 37.5 Å². The van der Waals surface area contributed by atoms with Gasteiger partial charge in [-0.25, -0.2) is 0 Å². The van der Waals surface area contributed by atoms with Crippen LogP contribution in [-0.2, 0) is 14.9 Å². The van der Waals surface area contributed by atoms with Crippen molar-refractivity contribution in [1.29, 1.82) is 0 Å². The van der Waals surface area contributed by atoms with E-state index in [1.807, 2.05) is 52.0 Å². The molecule has 0 aliphatic heterocycles.